The number of nitrogens with two attached hydrogens (primary N) is 1. The Morgan fingerprint density at radius 2 is 1.66 bits per heavy atom. The first-order valence-corrected chi connectivity index (χ1v) is 9.64. The first kappa shape index (κ1) is 20.4. The van der Waals surface area contributed by atoms with Crippen molar-refractivity contribution in [2.75, 3.05) is 19.0 Å². The highest BCUT2D eigenvalue weighted by atomic mass is 16.5. The number of hydrogen-bond acceptors (Lipinski definition) is 3. The van der Waals surface area contributed by atoms with Crippen molar-refractivity contribution in [3.63, 3.8) is 0 Å². The summed E-state index contributed by atoms with van der Waals surface area (Å²) in [4.78, 5) is 4.44. The number of rotatable bonds is 9. The Bertz CT molecular complexity index is 926. The number of nitrogens with zero attached hydrogens (tertiary/aromatic N) is 1. The number of methoxy groups -OCH3 is 1. The fourth-order valence-corrected chi connectivity index (χ4v) is 2.94. The molecule has 3 N–H and O–H groups in total. The van der Waals surface area contributed by atoms with Gasteiger partial charge in [-0.25, -0.2) is 0 Å². The fourth-order valence-electron chi connectivity index (χ4n) is 2.94. The predicted octanol–water partition coefficient (Wildman–Crippen LogP) is 4.38. The Morgan fingerprint density at radius 1 is 0.897 bits per heavy atom. The van der Waals surface area contributed by atoms with E-state index in [1.165, 1.54) is 0 Å². The van der Waals surface area contributed by atoms with Crippen molar-refractivity contribution in [2.24, 2.45) is 10.7 Å². The lowest BCUT2D eigenvalue weighted by atomic mass is 10.1. The third-order valence-corrected chi connectivity index (χ3v) is 4.41. The van der Waals surface area contributed by atoms with E-state index in [1.54, 1.807) is 7.11 Å². The number of anilines is 1. The normalized spacial score (nSPS) is 11.3. The molecular weight excluding hydrogens is 362 g/mol. The van der Waals surface area contributed by atoms with E-state index in [0.29, 0.717) is 25.7 Å². The third-order valence-electron chi connectivity index (χ3n) is 4.41. The number of benzene rings is 3. The molecule has 0 heterocycles. The van der Waals surface area contributed by atoms with Gasteiger partial charge in [-0.2, -0.15) is 0 Å². The summed E-state index contributed by atoms with van der Waals surface area (Å²) in [5.41, 5.74) is 10.3. The summed E-state index contributed by atoms with van der Waals surface area (Å²) < 4.78 is 11.1. The van der Waals surface area contributed by atoms with Crippen LogP contribution < -0.4 is 15.8 Å². The van der Waals surface area contributed by atoms with E-state index in [0.717, 1.165) is 34.5 Å². The standard InChI is InChI=1S/C24H27N3O2/c1-28-18-21-11-5-6-13-23(21)27-24(25)26-15-14-19-10-7-12-22(16-19)29-17-20-8-3-2-4-9-20/h2-13,16H,14-15,17-18H2,1H3,(H3,25,26,27). The lowest BCUT2D eigenvalue weighted by Gasteiger charge is -2.11. The number of guanidine groups is 1. The molecular formula is C24H27N3O2. The van der Waals surface area contributed by atoms with E-state index < -0.39 is 0 Å². The van der Waals surface area contributed by atoms with Crippen LogP contribution in [0.25, 0.3) is 0 Å². The number of hydrogen-bond donors (Lipinski definition) is 2. The van der Waals surface area contributed by atoms with E-state index >= 15 is 0 Å². The van der Waals surface area contributed by atoms with Gasteiger partial charge < -0.3 is 20.5 Å². The van der Waals surface area contributed by atoms with Gasteiger partial charge in [0.05, 0.1) is 6.61 Å². The second-order valence-corrected chi connectivity index (χ2v) is 6.65. The van der Waals surface area contributed by atoms with Crippen molar-refractivity contribution in [1.29, 1.82) is 0 Å². The summed E-state index contributed by atoms with van der Waals surface area (Å²) in [5.74, 6) is 1.25. The van der Waals surface area contributed by atoms with Gasteiger partial charge in [-0.05, 0) is 35.7 Å². The molecule has 3 aromatic rings. The summed E-state index contributed by atoms with van der Waals surface area (Å²) in [6, 6.07) is 26.1. The molecule has 5 heteroatoms. The average Bonchev–Trinajstić information content (AvgIpc) is 2.75. The first-order valence-electron chi connectivity index (χ1n) is 9.64. The van der Waals surface area contributed by atoms with Crippen LogP contribution in [-0.2, 0) is 24.4 Å². The Morgan fingerprint density at radius 3 is 2.48 bits per heavy atom. The van der Waals surface area contributed by atoms with Crippen molar-refractivity contribution in [1.82, 2.24) is 0 Å². The summed E-state index contributed by atoms with van der Waals surface area (Å²) in [7, 11) is 1.67. The fraction of sp³-hybridized carbons (Fsp3) is 0.208. The third kappa shape index (κ3) is 6.66. The van der Waals surface area contributed by atoms with Crippen LogP contribution in [0.3, 0.4) is 0 Å². The molecule has 0 saturated carbocycles. The number of ether oxygens (including phenoxy) is 2. The van der Waals surface area contributed by atoms with Gasteiger partial charge in [-0.1, -0.05) is 60.7 Å². The highest BCUT2D eigenvalue weighted by Crippen LogP contribution is 2.17. The SMILES string of the molecule is COCc1ccccc1NC(N)=NCCc1cccc(OCc2ccccc2)c1. The Hall–Kier alpha value is -3.31. The zero-order valence-electron chi connectivity index (χ0n) is 16.7. The zero-order valence-corrected chi connectivity index (χ0v) is 16.7. The molecule has 0 bridgehead atoms. The minimum Gasteiger partial charge on any atom is -0.489 e. The van der Waals surface area contributed by atoms with Gasteiger partial charge in [-0.3, -0.25) is 4.99 Å². The molecule has 0 saturated heterocycles. The number of para-hydroxylation sites is 1. The summed E-state index contributed by atoms with van der Waals surface area (Å²) >= 11 is 0. The Kier molecular flexibility index (Phi) is 7.66. The highest BCUT2D eigenvalue weighted by Gasteiger charge is 2.03. The molecule has 0 unspecified atom stereocenters. The quantitative estimate of drug-likeness (QED) is 0.421. The zero-order chi connectivity index (χ0) is 20.3. The molecule has 0 amide bonds. The van der Waals surface area contributed by atoms with Gasteiger partial charge in [0.1, 0.15) is 12.4 Å². The summed E-state index contributed by atoms with van der Waals surface area (Å²) in [6.07, 6.45) is 0.782. The lowest BCUT2D eigenvalue weighted by molar-refractivity contribution is 0.185. The maximum Gasteiger partial charge on any atom is 0.193 e. The van der Waals surface area contributed by atoms with Crippen molar-refractivity contribution in [2.45, 2.75) is 19.6 Å². The van der Waals surface area contributed by atoms with Crippen LogP contribution >= 0.6 is 0 Å². The van der Waals surface area contributed by atoms with E-state index in [9.17, 15) is 0 Å². The molecule has 0 aliphatic heterocycles. The van der Waals surface area contributed by atoms with Crippen molar-refractivity contribution >= 4 is 11.6 Å². The lowest BCUT2D eigenvalue weighted by Crippen LogP contribution is -2.23. The topological polar surface area (TPSA) is 68.9 Å². The molecule has 5 nitrogen and oxygen atoms in total. The van der Waals surface area contributed by atoms with Crippen LogP contribution in [0.2, 0.25) is 0 Å². The predicted molar refractivity (Wildman–Crippen MR) is 118 cm³/mol. The molecule has 0 fully saturated rings. The van der Waals surface area contributed by atoms with Crippen molar-refractivity contribution in [3.8, 4) is 5.75 Å². The summed E-state index contributed by atoms with van der Waals surface area (Å²) in [5, 5.41) is 3.15. The minimum atomic E-state index is 0.394. The van der Waals surface area contributed by atoms with E-state index in [4.69, 9.17) is 15.2 Å². The Balaban J connectivity index is 1.52. The van der Waals surface area contributed by atoms with E-state index in [1.807, 2.05) is 54.6 Å². The monoisotopic (exact) mass is 389 g/mol. The molecule has 0 aliphatic carbocycles. The molecule has 0 radical (unpaired) electrons. The van der Waals surface area contributed by atoms with Crippen LogP contribution in [0.5, 0.6) is 5.75 Å². The van der Waals surface area contributed by atoms with Crippen LogP contribution in [-0.4, -0.2) is 19.6 Å². The largest absolute Gasteiger partial charge is 0.489 e. The van der Waals surface area contributed by atoms with Crippen LogP contribution in [0.4, 0.5) is 5.69 Å². The smallest absolute Gasteiger partial charge is 0.193 e. The molecule has 3 rings (SSSR count). The van der Waals surface area contributed by atoms with Gasteiger partial charge in [-0.15, -0.1) is 0 Å². The van der Waals surface area contributed by atoms with E-state index in [2.05, 4.69) is 34.6 Å². The maximum atomic E-state index is 6.05. The van der Waals surface area contributed by atoms with Gasteiger partial charge in [0.15, 0.2) is 5.96 Å². The molecule has 0 aliphatic rings. The van der Waals surface area contributed by atoms with Crippen LogP contribution in [0.15, 0.2) is 83.9 Å². The highest BCUT2D eigenvalue weighted by molar-refractivity contribution is 5.92. The van der Waals surface area contributed by atoms with Crippen LogP contribution in [0, 0.1) is 0 Å². The van der Waals surface area contributed by atoms with Crippen molar-refractivity contribution < 1.29 is 9.47 Å². The van der Waals surface area contributed by atoms with Crippen molar-refractivity contribution in [3.05, 3.63) is 95.6 Å². The molecule has 29 heavy (non-hydrogen) atoms. The van der Waals surface area contributed by atoms with E-state index in [-0.39, 0.29) is 0 Å². The van der Waals surface area contributed by atoms with Gasteiger partial charge >= 0.3 is 0 Å². The first-order chi connectivity index (χ1) is 14.2. The average molecular weight is 389 g/mol. The maximum absolute atomic E-state index is 6.05. The van der Waals surface area contributed by atoms with Gasteiger partial charge in [0.2, 0.25) is 0 Å². The molecule has 150 valence electrons. The Labute approximate surface area is 172 Å². The van der Waals surface area contributed by atoms with Gasteiger partial charge in [0, 0.05) is 24.9 Å². The summed E-state index contributed by atoms with van der Waals surface area (Å²) in [6.45, 7) is 1.67. The molecule has 0 atom stereocenters. The van der Waals surface area contributed by atoms with Crippen LogP contribution in [0.1, 0.15) is 16.7 Å². The van der Waals surface area contributed by atoms with Gasteiger partial charge in [0.25, 0.3) is 0 Å². The second kappa shape index (κ2) is 10.9. The molecule has 0 aromatic heterocycles. The second-order valence-electron chi connectivity index (χ2n) is 6.65. The molecule has 3 aromatic carbocycles. The number of aliphatic imine (C=N–C) groups is 1. The molecule has 0 spiro atoms. The minimum absolute atomic E-state index is 0.394. The number of nitrogens with one attached hydrogen (secondary N) is 1.